The second kappa shape index (κ2) is 6.06. The van der Waals surface area contributed by atoms with Crippen molar-refractivity contribution in [1.82, 2.24) is 0 Å². The number of rotatable bonds is 5. The molecular weight excluding hydrogens is 294 g/mol. The summed E-state index contributed by atoms with van der Waals surface area (Å²) >= 11 is 3.00. The monoisotopic (exact) mass is 305 g/mol. The van der Waals surface area contributed by atoms with Crippen molar-refractivity contribution >= 4 is 21.6 Å². The van der Waals surface area contributed by atoms with Crippen molar-refractivity contribution in [2.24, 2.45) is 0 Å². The van der Waals surface area contributed by atoms with Gasteiger partial charge in [-0.3, -0.25) is 10.1 Å². The van der Waals surface area contributed by atoms with Gasteiger partial charge in [-0.25, -0.2) is 0 Å². The van der Waals surface area contributed by atoms with E-state index in [0.717, 1.165) is 6.07 Å². The summed E-state index contributed by atoms with van der Waals surface area (Å²) in [5, 5.41) is 38.9. The molecule has 2 atom stereocenters. The minimum atomic E-state index is -1.21. The quantitative estimate of drug-likeness (QED) is 0.425. The minimum absolute atomic E-state index is 0.156. The Morgan fingerprint density at radius 2 is 2.06 bits per heavy atom. The fourth-order valence-corrected chi connectivity index (χ4v) is 1.73. The van der Waals surface area contributed by atoms with Crippen LogP contribution in [-0.4, -0.2) is 31.7 Å². The van der Waals surface area contributed by atoms with E-state index in [1.165, 1.54) is 12.1 Å². The number of alkyl halides is 1. The van der Waals surface area contributed by atoms with Crippen LogP contribution in [0.15, 0.2) is 18.2 Å². The molecule has 0 amide bonds. The van der Waals surface area contributed by atoms with Gasteiger partial charge in [0.15, 0.2) is 0 Å². The van der Waals surface area contributed by atoms with Gasteiger partial charge in [0.25, 0.3) is 5.69 Å². The summed E-state index contributed by atoms with van der Waals surface area (Å²) in [5.74, 6) is 0. The van der Waals surface area contributed by atoms with Crippen molar-refractivity contribution in [2.75, 3.05) is 5.33 Å². The fourth-order valence-electron chi connectivity index (χ4n) is 1.38. The molecule has 0 aromatic heterocycles. The van der Waals surface area contributed by atoms with Gasteiger partial charge in [0.05, 0.1) is 23.2 Å². The van der Waals surface area contributed by atoms with Crippen LogP contribution in [0.3, 0.4) is 0 Å². The Labute approximate surface area is 106 Å². The standard InChI is InChI=1S/C10H12BrNO5/c11-4-9(14)10(15)6-1-2-7(5-13)8(3-6)12(16)17/h1-3,9-10,13-15H,4-5H2. The number of aliphatic hydroxyl groups is 3. The number of aliphatic hydroxyl groups excluding tert-OH is 3. The van der Waals surface area contributed by atoms with Gasteiger partial charge < -0.3 is 15.3 Å². The second-order valence-electron chi connectivity index (χ2n) is 3.47. The zero-order valence-corrected chi connectivity index (χ0v) is 10.4. The van der Waals surface area contributed by atoms with Crippen LogP contribution in [0.2, 0.25) is 0 Å². The Kier molecular flexibility index (Phi) is 5.01. The molecule has 0 aliphatic heterocycles. The van der Waals surface area contributed by atoms with E-state index in [0.29, 0.717) is 0 Å². The summed E-state index contributed by atoms with van der Waals surface area (Å²) in [6.07, 6.45) is -2.25. The number of hydrogen-bond acceptors (Lipinski definition) is 5. The lowest BCUT2D eigenvalue weighted by Gasteiger charge is -2.16. The highest BCUT2D eigenvalue weighted by atomic mass is 79.9. The van der Waals surface area contributed by atoms with Crippen molar-refractivity contribution in [3.05, 3.63) is 39.4 Å². The van der Waals surface area contributed by atoms with Gasteiger partial charge in [-0.15, -0.1) is 0 Å². The molecule has 1 rings (SSSR count). The van der Waals surface area contributed by atoms with E-state index in [9.17, 15) is 20.3 Å². The largest absolute Gasteiger partial charge is 0.391 e. The summed E-state index contributed by atoms with van der Waals surface area (Å²) < 4.78 is 0. The maximum absolute atomic E-state index is 10.7. The average Bonchev–Trinajstić information content (AvgIpc) is 2.35. The Morgan fingerprint density at radius 3 is 2.53 bits per heavy atom. The Bertz CT molecular complexity index is 412. The van der Waals surface area contributed by atoms with Gasteiger partial charge in [-0.2, -0.15) is 0 Å². The summed E-state index contributed by atoms with van der Waals surface area (Å²) in [4.78, 5) is 10.1. The molecule has 0 saturated heterocycles. The van der Waals surface area contributed by atoms with Crippen LogP contribution >= 0.6 is 15.9 Å². The van der Waals surface area contributed by atoms with Gasteiger partial charge in [0, 0.05) is 11.4 Å². The highest BCUT2D eigenvalue weighted by Gasteiger charge is 2.21. The lowest BCUT2D eigenvalue weighted by atomic mass is 10.0. The van der Waals surface area contributed by atoms with Crippen LogP contribution < -0.4 is 0 Å². The summed E-state index contributed by atoms with van der Waals surface area (Å²) in [6, 6.07) is 3.95. The van der Waals surface area contributed by atoms with Crippen LogP contribution in [0.25, 0.3) is 0 Å². The van der Waals surface area contributed by atoms with E-state index in [-0.39, 0.29) is 22.1 Å². The van der Waals surface area contributed by atoms with Gasteiger partial charge in [0.1, 0.15) is 6.10 Å². The first-order valence-corrected chi connectivity index (χ1v) is 5.93. The van der Waals surface area contributed by atoms with E-state index >= 15 is 0 Å². The molecule has 6 nitrogen and oxygen atoms in total. The molecule has 0 saturated carbocycles. The summed E-state index contributed by atoms with van der Waals surface area (Å²) in [6.45, 7) is -0.451. The van der Waals surface area contributed by atoms with Crippen molar-refractivity contribution < 1.29 is 20.2 Å². The van der Waals surface area contributed by atoms with Gasteiger partial charge in [0.2, 0.25) is 0 Å². The molecule has 7 heteroatoms. The number of hydrogen-bond donors (Lipinski definition) is 3. The third-order valence-electron chi connectivity index (χ3n) is 2.34. The molecule has 0 heterocycles. The Balaban J connectivity index is 3.12. The number of nitrogens with zero attached hydrogens (tertiary/aromatic N) is 1. The van der Waals surface area contributed by atoms with Crippen LogP contribution in [0.5, 0.6) is 0 Å². The van der Waals surface area contributed by atoms with Crippen molar-refractivity contribution in [1.29, 1.82) is 0 Å². The topological polar surface area (TPSA) is 104 Å². The normalized spacial score (nSPS) is 14.4. The van der Waals surface area contributed by atoms with E-state index in [4.69, 9.17) is 5.11 Å². The molecule has 0 radical (unpaired) electrons. The van der Waals surface area contributed by atoms with E-state index < -0.39 is 23.7 Å². The predicted octanol–water partition coefficient (Wildman–Crippen LogP) is 0.876. The fraction of sp³-hybridized carbons (Fsp3) is 0.400. The number of nitro groups is 1. The highest BCUT2D eigenvalue weighted by molar-refractivity contribution is 9.09. The molecule has 2 unspecified atom stereocenters. The first-order chi connectivity index (χ1) is 8.01. The summed E-state index contributed by atoms with van der Waals surface area (Å²) in [7, 11) is 0. The Morgan fingerprint density at radius 1 is 1.41 bits per heavy atom. The third-order valence-corrected chi connectivity index (χ3v) is 3.00. The number of benzene rings is 1. The number of nitro benzene ring substituents is 1. The van der Waals surface area contributed by atoms with E-state index in [2.05, 4.69) is 15.9 Å². The molecule has 0 fully saturated rings. The molecule has 0 aliphatic carbocycles. The van der Waals surface area contributed by atoms with E-state index in [1.54, 1.807) is 0 Å². The zero-order valence-electron chi connectivity index (χ0n) is 8.78. The van der Waals surface area contributed by atoms with Crippen LogP contribution in [0.4, 0.5) is 5.69 Å². The highest BCUT2D eigenvalue weighted by Crippen LogP contribution is 2.26. The smallest absolute Gasteiger partial charge is 0.275 e. The van der Waals surface area contributed by atoms with Crippen LogP contribution in [-0.2, 0) is 6.61 Å². The number of halogens is 1. The molecule has 0 bridgehead atoms. The van der Waals surface area contributed by atoms with Gasteiger partial charge in [-0.05, 0) is 11.6 Å². The maximum atomic E-state index is 10.7. The molecule has 3 N–H and O–H groups in total. The molecular formula is C10H12BrNO5. The maximum Gasteiger partial charge on any atom is 0.275 e. The van der Waals surface area contributed by atoms with Crippen molar-refractivity contribution in [3.8, 4) is 0 Å². The molecule has 0 aliphatic rings. The van der Waals surface area contributed by atoms with Crippen molar-refractivity contribution in [2.45, 2.75) is 18.8 Å². The second-order valence-corrected chi connectivity index (χ2v) is 4.12. The molecule has 94 valence electrons. The van der Waals surface area contributed by atoms with Crippen molar-refractivity contribution in [3.63, 3.8) is 0 Å². The first-order valence-electron chi connectivity index (χ1n) is 4.81. The average molecular weight is 306 g/mol. The molecule has 1 aromatic carbocycles. The third kappa shape index (κ3) is 3.22. The molecule has 1 aromatic rings. The lowest BCUT2D eigenvalue weighted by molar-refractivity contribution is -0.386. The van der Waals surface area contributed by atoms with Gasteiger partial charge >= 0.3 is 0 Å². The Hall–Kier alpha value is -1.02. The van der Waals surface area contributed by atoms with Crippen LogP contribution in [0, 0.1) is 10.1 Å². The molecule has 17 heavy (non-hydrogen) atoms. The predicted molar refractivity (Wildman–Crippen MR) is 63.8 cm³/mol. The summed E-state index contributed by atoms with van der Waals surface area (Å²) in [5.41, 5.74) is 0.131. The molecule has 0 spiro atoms. The SMILES string of the molecule is O=[N+]([O-])c1cc(C(O)C(O)CBr)ccc1CO. The lowest BCUT2D eigenvalue weighted by Crippen LogP contribution is -2.19. The van der Waals surface area contributed by atoms with Crippen LogP contribution in [0.1, 0.15) is 17.2 Å². The van der Waals surface area contributed by atoms with E-state index in [1.807, 2.05) is 0 Å². The first kappa shape index (κ1) is 14.0. The zero-order chi connectivity index (χ0) is 13.0. The minimum Gasteiger partial charge on any atom is -0.391 e. The van der Waals surface area contributed by atoms with Gasteiger partial charge in [-0.1, -0.05) is 22.0 Å².